The van der Waals surface area contributed by atoms with Gasteiger partial charge in [0.2, 0.25) is 0 Å². The van der Waals surface area contributed by atoms with E-state index < -0.39 is 5.91 Å². The molecule has 0 N–H and O–H groups in total. The fourth-order valence-corrected chi connectivity index (χ4v) is 4.23. The summed E-state index contributed by atoms with van der Waals surface area (Å²) in [4.78, 5) is 28.0. The van der Waals surface area contributed by atoms with Crippen molar-refractivity contribution < 1.29 is 9.59 Å². The highest BCUT2D eigenvalue weighted by Gasteiger charge is 2.40. The van der Waals surface area contributed by atoms with Crippen molar-refractivity contribution in [3.8, 4) is 10.6 Å². The lowest BCUT2D eigenvalue weighted by Gasteiger charge is -2.42. The highest BCUT2D eigenvalue weighted by atomic mass is 32.1. The Labute approximate surface area is 144 Å². The maximum atomic E-state index is 12.4. The topological polar surface area (TPSA) is 66.4 Å². The van der Waals surface area contributed by atoms with E-state index in [0.717, 1.165) is 34.8 Å². The van der Waals surface area contributed by atoms with E-state index in [1.165, 1.54) is 11.3 Å². The van der Waals surface area contributed by atoms with E-state index in [1.54, 1.807) is 9.80 Å². The number of fused-ring (bicyclic) bond motifs is 1. The Balaban J connectivity index is 1.50. The molecule has 2 aromatic rings. The van der Waals surface area contributed by atoms with Crippen LogP contribution in [0.15, 0.2) is 30.3 Å². The zero-order chi connectivity index (χ0) is 16.5. The molecular weight excluding hydrogens is 324 g/mol. The number of benzene rings is 1. The van der Waals surface area contributed by atoms with Gasteiger partial charge in [-0.05, 0) is 19.3 Å². The van der Waals surface area contributed by atoms with Crippen molar-refractivity contribution in [1.82, 2.24) is 20.0 Å². The summed E-state index contributed by atoms with van der Waals surface area (Å²) in [5.41, 5.74) is 1.01. The van der Waals surface area contributed by atoms with Crippen LogP contribution in [0.5, 0.6) is 0 Å². The van der Waals surface area contributed by atoms with Crippen LogP contribution in [0, 0.1) is 0 Å². The van der Waals surface area contributed by atoms with Gasteiger partial charge in [0.25, 0.3) is 0 Å². The molecular formula is C17H18N4O2S. The number of carbonyl (C=O) groups is 2. The molecule has 4 rings (SSSR count). The molecule has 24 heavy (non-hydrogen) atoms. The summed E-state index contributed by atoms with van der Waals surface area (Å²) in [6.45, 7) is 1.67. The Bertz CT molecular complexity index is 761. The van der Waals surface area contributed by atoms with E-state index >= 15 is 0 Å². The minimum Gasteiger partial charge on any atom is -0.330 e. The molecule has 0 aliphatic carbocycles. The van der Waals surface area contributed by atoms with Gasteiger partial charge in [-0.25, -0.2) is 0 Å². The molecule has 0 saturated carbocycles. The molecule has 1 aromatic carbocycles. The maximum Gasteiger partial charge on any atom is 0.312 e. The number of aromatic nitrogens is 2. The number of hydrogen-bond acceptors (Lipinski definition) is 5. The highest BCUT2D eigenvalue weighted by Crippen LogP contribution is 2.26. The Morgan fingerprint density at radius 2 is 1.92 bits per heavy atom. The van der Waals surface area contributed by atoms with Gasteiger partial charge in [0, 0.05) is 24.7 Å². The second-order valence-corrected chi connectivity index (χ2v) is 7.26. The van der Waals surface area contributed by atoms with Gasteiger partial charge in [0.05, 0.1) is 6.54 Å². The first-order valence-corrected chi connectivity index (χ1v) is 9.02. The molecule has 2 saturated heterocycles. The number of nitrogens with zero attached hydrogens (tertiary/aromatic N) is 4. The third kappa shape index (κ3) is 2.80. The highest BCUT2D eigenvalue weighted by molar-refractivity contribution is 7.14. The van der Waals surface area contributed by atoms with Crippen LogP contribution < -0.4 is 0 Å². The van der Waals surface area contributed by atoms with Crippen molar-refractivity contribution in [2.75, 3.05) is 13.1 Å². The first-order chi connectivity index (χ1) is 11.7. The Morgan fingerprint density at radius 3 is 2.75 bits per heavy atom. The van der Waals surface area contributed by atoms with Gasteiger partial charge in [-0.15, -0.1) is 10.2 Å². The number of piperidine rings is 1. The average Bonchev–Trinajstić information content (AvgIpc) is 3.09. The standard InChI is InChI=1S/C17H18N4O2S/c22-16-17(23)21-9-5-4-8-13(21)10-20(16)11-14-18-19-15(24-14)12-6-2-1-3-7-12/h1-3,6-7,13H,4-5,8-11H2/t13-/m1/s1. The van der Waals surface area contributed by atoms with Gasteiger partial charge in [0.1, 0.15) is 10.0 Å². The molecule has 3 heterocycles. The van der Waals surface area contributed by atoms with E-state index in [2.05, 4.69) is 10.2 Å². The number of carbonyl (C=O) groups excluding carboxylic acids is 2. The molecule has 124 valence electrons. The monoisotopic (exact) mass is 342 g/mol. The zero-order valence-corrected chi connectivity index (χ0v) is 14.0. The number of rotatable bonds is 3. The van der Waals surface area contributed by atoms with E-state index in [-0.39, 0.29) is 11.9 Å². The predicted octanol–water partition coefficient (Wildman–Crippen LogP) is 1.93. The minimum atomic E-state index is -0.412. The molecule has 2 amide bonds. The minimum absolute atomic E-state index is 0.158. The third-order valence-electron chi connectivity index (χ3n) is 4.60. The van der Waals surface area contributed by atoms with Crippen molar-refractivity contribution in [2.45, 2.75) is 31.8 Å². The second-order valence-electron chi connectivity index (χ2n) is 6.20. The maximum absolute atomic E-state index is 12.4. The van der Waals surface area contributed by atoms with Crippen LogP contribution in [0.2, 0.25) is 0 Å². The SMILES string of the molecule is O=C1C(=O)N2CCCC[C@@H]2CN1Cc1nnc(-c2ccccc2)s1. The second kappa shape index (κ2) is 6.32. The summed E-state index contributed by atoms with van der Waals surface area (Å²) in [7, 11) is 0. The van der Waals surface area contributed by atoms with Crippen LogP contribution in [0.3, 0.4) is 0 Å². The molecule has 2 aliphatic heterocycles. The van der Waals surface area contributed by atoms with Crippen LogP contribution in [0.4, 0.5) is 0 Å². The van der Waals surface area contributed by atoms with Crippen LogP contribution in [0.25, 0.3) is 10.6 Å². The van der Waals surface area contributed by atoms with Crippen molar-refractivity contribution >= 4 is 23.2 Å². The van der Waals surface area contributed by atoms with Crippen LogP contribution in [-0.4, -0.2) is 50.9 Å². The lowest BCUT2D eigenvalue weighted by molar-refractivity contribution is -0.160. The fraction of sp³-hybridized carbons (Fsp3) is 0.412. The smallest absolute Gasteiger partial charge is 0.312 e. The quantitative estimate of drug-likeness (QED) is 0.800. The molecule has 1 aromatic heterocycles. The van der Waals surface area contributed by atoms with Crippen LogP contribution >= 0.6 is 11.3 Å². The average molecular weight is 342 g/mol. The molecule has 0 spiro atoms. The van der Waals surface area contributed by atoms with Gasteiger partial charge < -0.3 is 9.80 Å². The first-order valence-electron chi connectivity index (χ1n) is 8.20. The molecule has 0 radical (unpaired) electrons. The lowest BCUT2D eigenvalue weighted by atomic mass is 9.99. The van der Waals surface area contributed by atoms with Crippen molar-refractivity contribution in [3.63, 3.8) is 0 Å². The zero-order valence-electron chi connectivity index (χ0n) is 13.2. The lowest BCUT2D eigenvalue weighted by Crippen LogP contribution is -2.60. The van der Waals surface area contributed by atoms with Gasteiger partial charge in [-0.2, -0.15) is 0 Å². The Morgan fingerprint density at radius 1 is 1.08 bits per heavy atom. The molecule has 7 heteroatoms. The van der Waals surface area contributed by atoms with E-state index in [4.69, 9.17) is 0 Å². The number of hydrogen-bond donors (Lipinski definition) is 0. The Kier molecular flexibility index (Phi) is 4.02. The molecule has 1 atom stereocenters. The molecule has 0 bridgehead atoms. The van der Waals surface area contributed by atoms with Crippen molar-refractivity contribution in [2.24, 2.45) is 0 Å². The summed E-state index contributed by atoms with van der Waals surface area (Å²) in [6.07, 6.45) is 3.08. The summed E-state index contributed by atoms with van der Waals surface area (Å²) in [5.74, 6) is -0.775. The summed E-state index contributed by atoms with van der Waals surface area (Å²) < 4.78 is 0. The summed E-state index contributed by atoms with van der Waals surface area (Å²) in [5, 5.41) is 10.0. The number of piperazine rings is 1. The fourth-order valence-electron chi connectivity index (χ4n) is 3.37. The summed E-state index contributed by atoms with van der Waals surface area (Å²) in [6, 6.07) is 10.0. The van der Waals surface area contributed by atoms with Gasteiger partial charge in [0.15, 0.2) is 0 Å². The number of amides is 2. The predicted molar refractivity (Wildman–Crippen MR) is 90.1 cm³/mol. The van der Waals surface area contributed by atoms with Gasteiger partial charge in [-0.1, -0.05) is 41.7 Å². The van der Waals surface area contributed by atoms with E-state index in [1.807, 2.05) is 30.3 Å². The molecule has 2 fully saturated rings. The first kappa shape index (κ1) is 15.3. The van der Waals surface area contributed by atoms with E-state index in [0.29, 0.717) is 19.6 Å². The third-order valence-corrected chi connectivity index (χ3v) is 5.56. The largest absolute Gasteiger partial charge is 0.330 e. The Hall–Kier alpha value is -2.28. The van der Waals surface area contributed by atoms with Crippen LogP contribution in [0.1, 0.15) is 24.3 Å². The molecule has 6 nitrogen and oxygen atoms in total. The summed E-state index contributed by atoms with van der Waals surface area (Å²) >= 11 is 1.47. The normalized spacial score (nSPS) is 21.1. The van der Waals surface area contributed by atoms with E-state index in [9.17, 15) is 9.59 Å². The van der Waals surface area contributed by atoms with Crippen molar-refractivity contribution in [1.29, 1.82) is 0 Å². The van der Waals surface area contributed by atoms with Gasteiger partial charge >= 0.3 is 11.8 Å². The van der Waals surface area contributed by atoms with Crippen molar-refractivity contribution in [3.05, 3.63) is 35.3 Å². The van der Waals surface area contributed by atoms with Gasteiger partial charge in [-0.3, -0.25) is 9.59 Å². The molecule has 2 aliphatic rings. The van der Waals surface area contributed by atoms with Crippen LogP contribution in [-0.2, 0) is 16.1 Å². The molecule has 0 unspecified atom stereocenters.